The highest BCUT2D eigenvalue weighted by atomic mass is 16.5. The zero-order valence-electron chi connectivity index (χ0n) is 15.9. The van der Waals surface area contributed by atoms with Crippen LogP contribution in [-0.4, -0.2) is 70.7 Å². The maximum atomic E-state index is 5.60. The molecule has 4 heterocycles. The molecule has 1 atom stereocenters. The molecule has 140 valence electrons. The molecule has 2 saturated heterocycles. The monoisotopic (exact) mass is 356 g/mol. The molecule has 7 nitrogen and oxygen atoms in total. The number of anilines is 1. The molecule has 0 spiro atoms. The minimum absolute atomic E-state index is 0.244. The van der Waals surface area contributed by atoms with Crippen molar-refractivity contribution in [1.29, 1.82) is 0 Å². The van der Waals surface area contributed by atoms with Crippen LogP contribution in [-0.2, 0) is 0 Å². The van der Waals surface area contributed by atoms with Crippen LogP contribution in [0.3, 0.4) is 0 Å². The predicted octanol–water partition coefficient (Wildman–Crippen LogP) is 2.43. The molecular weight excluding hydrogens is 328 g/mol. The van der Waals surface area contributed by atoms with Crippen LogP contribution in [0.2, 0.25) is 0 Å². The van der Waals surface area contributed by atoms with E-state index in [0.717, 1.165) is 56.4 Å². The largest absolute Gasteiger partial charge is 0.354 e. The number of hydrogen-bond donors (Lipinski definition) is 0. The van der Waals surface area contributed by atoms with Crippen molar-refractivity contribution < 1.29 is 4.52 Å². The highest BCUT2D eigenvalue weighted by Gasteiger charge is 2.32. The Morgan fingerprint density at radius 2 is 1.92 bits per heavy atom. The number of rotatable bonds is 4. The average molecular weight is 356 g/mol. The normalized spacial score (nSPS) is 22.5. The molecule has 0 aromatic carbocycles. The third-order valence-corrected chi connectivity index (χ3v) is 5.52. The number of hydrogen-bond acceptors (Lipinski definition) is 7. The molecule has 2 aromatic rings. The van der Waals surface area contributed by atoms with Gasteiger partial charge in [-0.25, -0.2) is 4.98 Å². The van der Waals surface area contributed by atoms with Crippen molar-refractivity contribution in [3.8, 4) is 11.4 Å². The van der Waals surface area contributed by atoms with Gasteiger partial charge in [0, 0.05) is 44.0 Å². The Kier molecular flexibility index (Phi) is 4.91. The fraction of sp³-hybridized carbons (Fsp3) is 0.632. The Morgan fingerprint density at radius 3 is 2.62 bits per heavy atom. The van der Waals surface area contributed by atoms with Crippen molar-refractivity contribution >= 4 is 5.82 Å². The number of likely N-dealkylation sites (tertiary alicyclic amines) is 1. The summed E-state index contributed by atoms with van der Waals surface area (Å²) in [7, 11) is 2.16. The van der Waals surface area contributed by atoms with Crippen LogP contribution in [0.25, 0.3) is 11.4 Å². The highest BCUT2D eigenvalue weighted by Crippen LogP contribution is 2.33. The smallest absolute Gasteiger partial charge is 0.244 e. The number of piperazine rings is 1. The van der Waals surface area contributed by atoms with Gasteiger partial charge < -0.3 is 14.3 Å². The SMILES string of the molecule is CC(C)N1CCCC1c1nc(-c2ccc(N3CCN(C)CC3)nc2)no1. The van der Waals surface area contributed by atoms with Gasteiger partial charge in [-0.2, -0.15) is 4.98 Å². The summed E-state index contributed by atoms with van der Waals surface area (Å²) in [4.78, 5) is 16.4. The maximum Gasteiger partial charge on any atom is 0.244 e. The van der Waals surface area contributed by atoms with Gasteiger partial charge in [0.25, 0.3) is 0 Å². The molecule has 2 aliphatic heterocycles. The summed E-state index contributed by atoms with van der Waals surface area (Å²) < 4.78 is 5.60. The Morgan fingerprint density at radius 1 is 1.12 bits per heavy atom. The molecule has 0 bridgehead atoms. The number of nitrogens with zero attached hydrogens (tertiary/aromatic N) is 6. The molecule has 1 unspecified atom stereocenters. The lowest BCUT2D eigenvalue weighted by molar-refractivity contribution is 0.170. The summed E-state index contributed by atoms with van der Waals surface area (Å²) in [5, 5.41) is 4.20. The zero-order valence-corrected chi connectivity index (χ0v) is 15.9. The van der Waals surface area contributed by atoms with E-state index in [-0.39, 0.29) is 6.04 Å². The fourth-order valence-electron chi connectivity index (χ4n) is 3.90. The lowest BCUT2D eigenvalue weighted by atomic mass is 10.2. The van der Waals surface area contributed by atoms with Crippen LogP contribution in [0, 0.1) is 0 Å². The second kappa shape index (κ2) is 7.32. The van der Waals surface area contributed by atoms with Crippen molar-refractivity contribution in [2.45, 2.75) is 38.8 Å². The third kappa shape index (κ3) is 3.46. The lowest BCUT2D eigenvalue weighted by Crippen LogP contribution is -2.44. The molecule has 0 radical (unpaired) electrons. The van der Waals surface area contributed by atoms with Crippen molar-refractivity contribution in [2.24, 2.45) is 0 Å². The van der Waals surface area contributed by atoms with Crippen molar-refractivity contribution in [3.05, 3.63) is 24.2 Å². The first-order chi connectivity index (χ1) is 12.6. The maximum absolute atomic E-state index is 5.60. The molecule has 0 N–H and O–H groups in total. The predicted molar refractivity (Wildman–Crippen MR) is 101 cm³/mol. The van der Waals surface area contributed by atoms with Crippen molar-refractivity contribution in [1.82, 2.24) is 24.9 Å². The van der Waals surface area contributed by atoms with E-state index in [9.17, 15) is 0 Å². The van der Waals surface area contributed by atoms with Crippen LogP contribution in [0.1, 0.15) is 38.6 Å². The van der Waals surface area contributed by atoms with E-state index in [1.165, 1.54) is 6.42 Å². The summed E-state index contributed by atoms with van der Waals surface area (Å²) in [6.07, 6.45) is 4.12. The Bertz CT molecular complexity index is 720. The average Bonchev–Trinajstić information content (AvgIpc) is 3.32. The van der Waals surface area contributed by atoms with Gasteiger partial charge in [0.2, 0.25) is 11.7 Å². The third-order valence-electron chi connectivity index (χ3n) is 5.52. The summed E-state index contributed by atoms with van der Waals surface area (Å²) in [6, 6.07) is 4.84. The van der Waals surface area contributed by atoms with Crippen molar-refractivity contribution in [2.75, 3.05) is 44.7 Å². The minimum atomic E-state index is 0.244. The molecule has 2 aromatic heterocycles. The van der Waals surface area contributed by atoms with Crippen molar-refractivity contribution in [3.63, 3.8) is 0 Å². The van der Waals surface area contributed by atoms with E-state index < -0.39 is 0 Å². The molecule has 0 amide bonds. The van der Waals surface area contributed by atoms with Crippen LogP contribution >= 0.6 is 0 Å². The number of aromatic nitrogens is 3. The molecule has 26 heavy (non-hydrogen) atoms. The van der Waals surface area contributed by atoms with Crippen LogP contribution in [0.4, 0.5) is 5.82 Å². The second-order valence-electron chi connectivity index (χ2n) is 7.64. The standard InChI is InChI=1S/C19H28N6O/c1-14(2)25-8-4-5-16(25)19-21-18(22-26-19)15-6-7-17(20-13-15)24-11-9-23(3)10-12-24/h6-7,13-14,16H,4-5,8-12H2,1-3H3. The topological polar surface area (TPSA) is 61.5 Å². The van der Waals surface area contributed by atoms with E-state index in [1.807, 2.05) is 12.3 Å². The van der Waals surface area contributed by atoms with Crippen LogP contribution in [0.5, 0.6) is 0 Å². The molecular formula is C19H28N6O. The van der Waals surface area contributed by atoms with Gasteiger partial charge in [0.15, 0.2) is 0 Å². The summed E-state index contributed by atoms with van der Waals surface area (Å²) in [6.45, 7) is 9.72. The van der Waals surface area contributed by atoms with E-state index in [2.05, 4.69) is 56.8 Å². The molecule has 4 rings (SSSR count). The molecule has 0 saturated carbocycles. The number of likely N-dealkylation sites (N-methyl/N-ethyl adjacent to an activating group) is 1. The summed E-state index contributed by atoms with van der Waals surface area (Å²) in [5.41, 5.74) is 0.909. The van der Waals surface area contributed by atoms with Crippen LogP contribution in [0.15, 0.2) is 22.9 Å². The molecule has 7 heteroatoms. The van der Waals surface area contributed by atoms with Gasteiger partial charge >= 0.3 is 0 Å². The zero-order chi connectivity index (χ0) is 18.1. The van der Waals surface area contributed by atoms with Gasteiger partial charge in [-0.05, 0) is 52.4 Å². The fourth-order valence-corrected chi connectivity index (χ4v) is 3.90. The highest BCUT2D eigenvalue weighted by molar-refractivity contribution is 5.56. The quantitative estimate of drug-likeness (QED) is 0.834. The Hall–Kier alpha value is -1.99. The minimum Gasteiger partial charge on any atom is -0.354 e. The van der Waals surface area contributed by atoms with Gasteiger partial charge in [0.05, 0.1) is 6.04 Å². The first-order valence-corrected chi connectivity index (χ1v) is 9.61. The molecule has 2 aliphatic rings. The van der Waals surface area contributed by atoms with Gasteiger partial charge in [-0.15, -0.1) is 0 Å². The summed E-state index contributed by atoms with van der Waals surface area (Å²) >= 11 is 0. The molecule has 0 aliphatic carbocycles. The Labute approximate surface area is 155 Å². The van der Waals surface area contributed by atoms with Gasteiger partial charge in [0.1, 0.15) is 5.82 Å². The van der Waals surface area contributed by atoms with E-state index in [4.69, 9.17) is 4.52 Å². The van der Waals surface area contributed by atoms with Crippen LogP contribution < -0.4 is 4.90 Å². The van der Waals surface area contributed by atoms with Gasteiger partial charge in [-0.1, -0.05) is 5.16 Å². The first kappa shape index (κ1) is 17.4. The Balaban J connectivity index is 1.47. The van der Waals surface area contributed by atoms with E-state index in [1.54, 1.807) is 0 Å². The number of pyridine rings is 1. The van der Waals surface area contributed by atoms with E-state index in [0.29, 0.717) is 11.9 Å². The first-order valence-electron chi connectivity index (χ1n) is 9.61. The molecule has 2 fully saturated rings. The second-order valence-corrected chi connectivity index (χ2v) is 7.64. The lowest BCUT2D eigenvalue weighted by Gasteiger charge is -2.33. The van der Waals surface area contributed by atoms with Gasteiger partial charge in [-0.3, -0.25) is 4.90 Å². The summed E-state index contributed by atoms with van der Waals surface area (Å²) in [5.74, 6) is 2.38. The van der Waals surface area contributed by atoms with E-state index >= 15 is 0 Å².